The molecule has 1 atom stereocenters. The number of aryl methyl sites for hydroxylation is 3. The van der Waals surface area contributed by atoms with Crippen molar-refractivity contribution in [1.29, 1.82) is 0 Å². The number of benzene rings is 1. The molecule has 0 saturated carbocycles. The largest absolute Gasteiger partial charge is 0.308 e. The highest BCUT2D eigenvalue weighted by Crippen LogP contribution is 2.24. The normalized spacial score (nSPS) is 12.4. The van der Waals surface area contributed by atoms with E-state index in [9.17, 15) is 0 Å². The topological polar surface area (TPSA) is 37.8 Å². The third kappa shape index (κ3) is 2.57. The number of rotatable bonds is 3. The first-order valence-electron chi connectivity index (χ1n) is 6.16. The lowest BCUT2D eigenvalue weighted by Gasteiger charge is -2.19. The summed E-state index contributed by atoms with van der Waals surface area (Å²) < 4.78 is 0. The van der Waals surface area contributed by atoms with Crippen molar-refractivity contribution in [2.75, 3.05) is 7.05 Å². The fraction of sp³-hybridized carbons (Fsp3) is 0.333. The molecule has 0 aliphatic heterocycles. The molecule has 1 N–H and O–H groups in total. The smallest absolute Gasteiger partial charge is 0.125 e. The minimum Gasteiger partial charge on any atom is -0.308 e. The van der Waals surface area contributed by atoms with Crippen molar-refractivity contribution in [2.45, 2.75) is 26.8 Å². The van der Waals surface area contributed by atoms with Crippen LogP contribution >= 0.6 is 0 Å². The highest BCUT2D eigenvalue weighted by atomic mass is 14.9. The third-order valence-corrected chi connectivity index (χ3v) is 3.13. The molecule has 0 radical (unpaired) electrons. The highest BCUT2D eigenvalue weighted by molar-refractivity contribution is 5.37. The van der Waals surface area contributed by atoms with Crippen LogP contribution in [0.3, 0.4) is 0 Å². The van der Waals surface area contributed by atoms with Crippen LogP contribution in [0.25, 0.3) is 0 Å². The minimum atomic E-state index is 0.117. The summed E-state index contributed by atoms with van der Waals surface area (Å²) in [5.41, 5.74) is 4.83. The molecule has 3 heteroatoms. The lowest BCUT2D eigenvalue weighted by atomic mass is 9.96. The predicted molar refractivity (Wildman–Crippen MR) is 73.6 cm³/mol. The van der Waals surface area contributed by atoms with E-state index in [1.807, 2.05) is 26.2 Å². The fourth-order valence-corrected chi connectivity index (χ4v) is 2.17. The molecule has 18 heavy (non-hydrogen) atoms. The Kier molecular flexibility index (Phi) is 3.72. The van der Waals surface area contributed by atoms with Gasteiger partial charge in [-0.15, -0.1) is 0 Å². The Balaban J connectivity index is 2.48. The second-order valence-corrected chi connectivity index (χ2v) is 4.61. The molecule has 1 aromatic carbocycles. The maximum atomic E-state index is 4.52. The molecular formula is C15H19N3. The molecule has 0 bridgehead atoms. The summed E-state index contributed by atoms with van der Waals surface area (Å²) in [4.78, 5) is 8.67. The molecule has 2 aromatic rings. The monoisotopic (exact) mass is 241 g/mol. The molecular weight excluding hydrogens is 222 g/mol. The molecule has 94 valence electrons. The molecule has 0 saturated heterocycles. The summed E-state index contributed by atoms with van der Waals surface area (Å²) in [6, 6.07) is 8.59. The number of hydrogen-bond donors (Lipinski definition) is 1. The average Bonchev–Trinajstić information content (AvgIpc) is 2.35. The summed E-state index contributed by atoms with van der Waals surface area (Å²) >= 11 is 0. The van der Waals surface area contributed by atoms with Gasteiger partial charge in [0.05, 0.1) is 11.7 Å². The van der Waals surface area contributed by atoms with E-state index < -0.39 is 0 Å². The second-order valence-electron chi connectivity index (χ2n) is 4.61. The Morgan fingerprint density at radius 3 is 2.56 bits per heavy atom. The van der Waals surface area contributed by atoms with Crippen molar-refractivity contribution in [3.8, 4) is 0 Å². The zero-order chi connectivity index (χ0) is 13.1. The van der Waals surface area contributed by atoms with Gasteiger partial charge in [0.25, 0.3) is 0 Å². The quantitative estimate of drug-likeness (QED) is 0.897. The molecule has 0 fully saturated rings. The summed E-state index contributed by atoms with van der Waals surface area (Å²) in [6.07, 6.45) is 1.81. The van der Waals surface area contributed by atoms with Crippen LogP contribution in [-0.4, -0.2) is 17.0 Å². The van der Waals surface area contributed by atoms with Gasteiger partial charge in [-0.05, 0) is 45.0 Å². The van der Waals surface area contributed by atoms with E-state index in [1.165, 1.54) is 16.7 Å². The number of nitrogens with one attached hydrogen (secondary N) is 1. The van der Waals surface area contributed by atoms with Crippen LogP contribution < -0.4 is 5.32 Å². The van der Waals surface area contributed by atoms with Gasteiger partial charge in [0.15, 0.2) is 0 Å². The maximum Gasteiger partial charge on any atom is 0.125 e. The molecule has 2 rings (SSSR count). The number of nitrogens with zero attached hydrogens (tertiary/aromatic N) is 2. The van der Waals surface area contributed by atoms with E-state index in [-0.39, 0.29) is 6.04 Å². The van der Waals surface area contributed by atoms with Crippen molar-refractivity contribution in [2.24, 2.45) is 0 Å². The van der Waals surface area contributed by atoms with Crippen molar-refractivity contribution >= 4 is 0 Å². The molecule has 0 aliphatic rings. The number of aromatic nitrogens is 2. The standard InChI is InChI=1S/C15H19N3/c1-10-5-6-11(2)13(9-10)15(16-4)14-7-8-17-12(3)18-14/h5-9,15-16H,1-4H3. The van der Waals surface area contributed by atoms with Crippen LogP contribution in [0, 0.1) is 20.8 Å². The zero-order valence-corrected chi connectivity index (χ0v) is 11.4. The summed E-state index contributed by atoms with van der Waals surface area (Å²) in [7, 11) is 1.96. The van der Waals surface area contributed by atoms with Gasteiger partial charge >= 0.3 is 0 Å². The van der Waals surface area contributed by atoms with Crippen LogP contribution in [0.4, 0.5) is 0 Å². The number of hydrogen-bond acceptors (Lipinski definition) is 3. The minimum absolute atomic E-state index is 0.117. The second kappa shape index (κ2) is 5.27. The van der Waals surface area contributed by atoms with Crippen LogP contribution in [0.1, 0.15) is 34.3 Å². The van der Waals surface area contributed by atoms with Gasteiger partial charge in [-0.1, -0.05) is 23.8 Å². The van der Waals surface area contributed by atoms with E-state index >= 15 is 0 Å². The van der Waals surface area contributed by atoms with Gasteiger partial charge in [-0.25, -0.2) is 9.97 Å². The molecule has 1 unspecified atom stereocenters. The Morgan fingerprint density at radius 2 is 1.89 bits per heavy atom. The van der Waals surface area contributed by atoms with Crippen LogP contribution in [0.2, 0.25) is 0 Å². The molecule has 0 amide bonds. The average molecular weight is 241 g/mol. The Morgan fingerprint density at radius 1 is 1.11 bits per heavy atom. The first-order chi connectivity index (χ1) is 8.61. The van der Waals surface area contributed by atoms with Crippen molar-refractivity contribution in [3.05, 3.63) is 58.7 Å². The van der Waals surface area contributed by atoms with E-state index in [0.29, 0.717) is 0 Å². The van der Waals surface area contributed by atoms with Gasteiger partial charge in [0.1, 0.15) is 5.82 Å². The van der Waals surface area contributed by atoms with Crippen LogP contribution in [-0.2, 0) is 0 Å². The van der Waals surface area contributed by atoms with E-state index in [0.717, 1.165) is 11.5 Å². The van der Waals surface area contributed by atoms with E-state index in [4.69, 9.17) is 0 Å². The van der Waals surface area contributed by atoms with Crippen LogP contribution in [0.5, 0.6) is 0 Å². The molecule has 0 spiro atoms. The first-order valence-corrected chi connectivity index (χ1v) is 6.16. The first kappa shape index (κ1) is 12.7. The Bertz CT molecular complexity index is 549. The maximum absolute atomic E-state index is 4.52. The summed E-state index contributed by atoms with van der Waals surface area (Å²) in [6.45, 7) is 6.16. The summed E-state index contributed by atoms with van der Waals surface area (Å²) in [5, 5.41) is 3.34. The van der Waals surface area contributed by atoms with Crippen molar-refractivity contribution in [3.63, 3.8) is 0 Å². The van der Waals surface area contributed by atoms with Crippen molar-refractivity contribution in [1.82, 2.24) is 15.3 Å². The Hall–Kier alpha value is -1.74. The lowest BCUT2D eigenvalue weighted by Crippen LogP contribution is -2.20. The molecule has 1 aromatic heterocycles. The summed E-state index contributed by atoms with van der Waals surface area (Å²) in [5.74, 6) is 0.804. The highest BCUT2D eigenvalue weighted by Gasteiger charge is 2.15. The SMILES string of the molecule is CNC(c1ccnc(C)n1)c1cc(C)ccc1C. The molecule has 1 heterocycles. The van der Waals surface area contributed by atoms with Gasteiger partial charge in [0, 0.05) is 6.20 Å². The molecule has 0 aliphatic carbocycles. The van der Waals surface area contributed by atoms with E-state index in [1.54, 1.807) is 0 Å². The van der Waals surface area contributed by atoms with Crippen LogP contribution in [0.15, 0.2) is 30.5 Å². The van der Waals surface area contributed by atoms with Gasteiger partial charge in [-0.3, -0.25) is 0 Å². The third-order valence-electron chi connectivity index (χ3n) is 3.13. The molecule has 3 nitrogen and oxygen atoms in total. The fourth-order valence-electron chi connectivity index (χ4n) is 2.17. The zero-order valence-electron chi connectivity index (χ0n) is 11.4. The Labute approximate surface area is 108 Å². The van der Waals surface area contributed by atoms with Gasteiger partial charge in [0.2, 0.25) is 0 Å². The lowest BCUT2D eigenvalue weighted by molar-refractivity contribution is 0.660. The van der Waals surface area contributed by atoms with E-state index in [2.05, 4.69) is 47.3 Å². The van der Waals surface area contributed by atoms with Gasteiger partial charge < -0.3 is 5.32 Å². The van der Waals surface area contributed by atoms with Gasteiger partial charge in [-0.2, -0.15) is 0 Å². The predicted octanol–water partition coefficient (Wildman–Crippen LogP) is 2.71. The van der Waals surface area contributed by atoms with Crippen molar-refractivity contribution < 1.29 is 0 Å².